The molecule has 3 rings (SSSR count). The molecule has 178 valence electrons. The predicted octanol–water partition coefficient (Wildman–Crippen LogP) is 5.72. The Balaban J connectivity index is 1.61. The van der Waals surface area contributed by atoms with Crippen molar-refractivity contribution in [3.63, 3.8) is 0 Å². The van der Waals surface area contributed by atoms with E-state index in [1.807, 2.05) is 38.1 Å². The molecular weight excluding hydrogens is 510 g/mol. The Morgan fingerprint density at radius 1 is 1.00 bits per heavy atom. The Morgan fingerprint density at radius 3 is 2.43 bits per heavy atom. The van der Waals surface area contributed by atoms with Gasteiger partial charge in [-0.05, 0) is 95.5 Å². The van der Waals surface area contributed by atoms with Gasteiger partial charge in [0, 0.05) is 11.4 Å². The van der Waals surface area contributed by atoms with Crippen molar-refractivity contribution < 1.29 is 19.1 Å². The van der Waals surface area contributed by atoms with Gasteiger partial charge in [0.2, 0.25) is 0 Å². The van der Waals surface area contributed by atoms with Gasteiger partial charge >= 0.3 is 0 Å². The van der Waals surface area contributed by atoms with Crippen molar-refractivity contribution in [2.45, 2.75) is 13.8 Å². The molecule has 7 nitrogen and oxygen atoms in total. The van der Waals surface area contributed by atoms with Crippen LogP contribution in [0.25, 0.3) is 6.08 Å². The Kier molecular flexibility index (Phi) is 9.04. The lowest BCUT2D eigenvalue weighted by molar-refractivity contribution is -0.118. The van der Waals surface area contributed by atoms with E-state index in [0.29, 0.717) is 39.5 Å². The maximum atomic E-state index is 12.5. The molecule has 0 spiro atoms. The minimum atomic E-state index is -0.527. The molecule has 0 aliphatic heterocycles. The van der Waals surface area contributed by atoms with Crippen LogP contribution in [-0.4, -0.2) is 25.0 Å². The van der Waals surface area contributed by atoms with Gasteiger partial charge in [-0.25, -0.2) is 0 Å². The van der Waals surface area contributed by atoms with E-state index in [2.05, 4.69) is 26.6 Å². The van der Waals surface area contributed by atoms with Crippen LogP contribution in [0, 0.1) is 18.3 Å². The fraction of sp³-hybridized carbons (Fsp3) is 0.148. The van der Waals surface area contributed by atoms with Gasteiger partial charge in [-0.15, -0.1) is 0 Å². The predicted molar refractivity (Wildman–Crippen MR) is 139 cm³/mol. The van der Waals surface area contributed by atoms with Gasteiger partial charge in [0.15, 0.2) is 6.61 Å². The third-order valence-electron chi connectivity index (χ3n) is 4.72. The fourth-order valence-corrected chi connectivity index (χ4v) is 3.61. The topological polar surface area (TPSA) is 100 Å². The molecule has 0 atom stereocenters. The van der Waals surface area contributed by atoms with Crippen LogP contribution >= 0.6 is 15.9 Å². The zero-order valence-electron chi connectivity index (χ0n) is 19.3. The maximum absolute atomic E-state index is 12.5. The average Bonchev–Trinajstić information content (AvgIpc) is 2.83. The summed E-state index contributed by atoms with van der Waals surface area (Å²) >= 11 is 3.41. The maximum Gasteiger partial charge on any atom is 0.266 e. The summed E-state index contributed by atoms with van der Waals surface area (Å²) in [6.07, 6.45) is 1.48. The lowest BCUT2D eigenvalue weighted by Crippen LogP contribution is -2.20. The number of carbonyl (C=O) groups is 2. The number of anilines is 2. The molecule has 0 radical (unpaired) electrons. The molecule has 35 heavy (non-hydrogen) atoms. The second kappa shape index (κ2) is 12.4. The van der Waals surface area contributed by atoms with Gasteiger partial charge in [0.1, 0.15) is 23.1 Å². The molecule has 0 heterocycles. The first-order valence-electron chi connectivity index (χ1n) is 10.8. The summed E-state index contributed by atoms with van der Waals surface area (Å²) in [5.74, 6) is 0.338. The normalized spacial score (nSPS) is 10.7. The van der Waals surface area contributed by atoms with Crippen LogP contribution in [0.1, 0.15) is 18.1 Å². The molecule has 0 aliphatic carbocycles. The van der Waals surface area contributed by atoms with Crippen molar-refractivity contribution in [3.8, 4) is 17.6 Å². The van der Waals surface area contributed by atoms with Crippen molar-refractivity contribution in [1.82, 2.24) is 0 Å². The lowest BCUT2D eigenvalue weighted by atomic mass is 10.1. The minimum absolute atomic E-state index is 0.0583. The van der Waals surface area contributed by atoms with E-state index in [9.17, 15) is 14.9 Å². The molecule has 0 unspecified atom stereocenters. The van der Waals surface area contributed by atoms with Crippen LogP contribution in [0.15, 0.2) is 76.8 Å². The van der Waals surface area contributed by atoms with Crippen molar-refractivity contribution in [2.24, 2.45) is 0 Å². The fourth-order valence-electron chi connectivity index (χ4n) is 3.10. The number of carbonyl (C=O) groups excluding carboxylic acids is 2. The molecule has 0 aliphatic rings. The monoisotopic (exact) mass is 533 g/mol. The minimum Gasteiger partial charge on any atom is -0.494 e. The van der Waals surface area contributed by atoms with Gasteiger partial charge in [-0.2, -0.15) is 5.26 Å². The lowest BCUT2D eigenvalue weighted by Gasteiger charge is -2.10. The molecule has 0 bridgehead atoms. The smallest absolute Gasteiger partial charge is 0.266 e. The van der Waals surface area contributed by atoms with Crippen LogP contribution in [0.2, 0.25) is 0 Å². The summed E-state index contributed by atoms with van der Waals surface area (Å²) in [4.78, 5) is 24.7. The van der Waals surface area contributed by atoms with Gasteiger partial charge in [0.05, 0.1) is 11.1 Å². The number of amides is 2. The van der Waals surface area contributed by atoms with Crippen molar-refractivity contribution in [1.29, 1.82) is 5.26 Å². The molecule has 0 fully saturated rings. The van der Waals surface area contributed by atoms with E-state index in [1.54, 1.807) is 48.5 Å². The SMILES string of the molecule is CCOc1ccc(NC(=O)/C(C#N)=C/c2ccc(OCC(=O)Nc3cccc(C)c3)c(Br)c2)cc1. The molecule has 0 aromatic heterocycles. The number of nitrogens with zero attached hydrogens (tertiary/aromatic N) is 1. The van der Waals surface area contributed by atoms with E-state index >= 15 is 0 Å². The number of ether oxygens (including phenoxy) is 2. The van der Waals surface area contributed by atoms with Gasteiger partial charge in [-0.3, -0.25) is 9.59 Å². The summed E-state index contributed by atoms with van der Waals surface area (Å²) in [5.41, 5.74) is 2.85. The Bertz CT molecular complexity index is 1280. The zero-order chi connectivity index (χ0) is 25.2. The Morgan fingerprint density at radius 2 is 1.77 bits per heavy atom. The highest BCUT2D eigenvalue weighted by atomic mass is 79.9. The Labute approximate surface area is 212 Å². The number of rotatable bonds is 9. The number of hydrogen-bond donors (Lipinski definition) is 2. The summed E-state index contributed by atoms with van der Waals surface area (Å²) < 4.78 is 11.6. The molecular formula is C27H24BrN3O4. The van der Waals surface area contributed by atoms with Gasteiger partial charge < -0.3 is 20.1 Å². The zero-order valence-corrected chi connectivity index (χ0v) is 20.9. The molecule has 0 saturated heterocycles. The molecule has 0 saturated carbocycles. The average molecular weight is 534 g/mol. The van der Waals surface area contributed by atoms with E-state index in [4.69, 9.17) is 9.47 Å². The number of nitriles is 1. The number of hydrogen-bond acceptors (Lipinski definition) is 5. The summed E-state index contributed by atoms with van der Waals surface area (Å²) in [6.45, 7) is 4.21. The van der Waals surface area contributed by atoms with Crippen molar-refractivity contribution >= 4 is 45.2 Å². The van der Waals surface area contributed by atoms with E-state index in [0.717, 1.165) is 5.56 Å². The molecule has 8 heteroatoms. The summed E-state index contributed by atoms with van der Waals surface area (Å²) in [5, 5.41) is 15.0. The second-order valence-corrected chi connectivity index (χ2v) is 8.33. The highest BCUT2D eigenvalue weighted by Crippen LogP contribution is 2.27. The highest BCUT2D eigenvalue weighted by Gasteiger charge is 2.11. The molecule has 3 aromatic rings. The number of aryl methyl sites for hydroxylation is 1. The summed E-state index contributed by atoms with van der Waals surface area (Å²) in [7, 11) is 0. The van der Waals surface area contributed by atoms with Crippen LogP contribution in [0.5, 0.6) is 11.5 Å². The van der Waals surface area contributed by atoms with Gasteiger partial charge in [-0.1, -0.05) is 18.2 Å². The first kappa shape index (κ1) is 25.5. The van der Waals surface area contributed by atoms with Gasteiger partial charge in [0.25, 0.3) is 11.8 Å². The van der Waals surface area contributed by atoms with Crippen molar-refractivity contribution in [3.05, 3.63) is 87.9 Å². The third-order valence-corrected chi connectivity index (χ3v) is 5.34. The molecule has 2 N–H and O–H groups in total. The quantitative estimate of drug-likeness (QED) is 0.270. The second-order valence-electron chi connectivity index (χ2n) is 7.48. The van der Waals surface area contributed by atoms with E-state index < -0.39 is 5.91 Å². The Hall–Kier alpha value is -4.09. The largest absolute Gasteiger partial charge is 0.494 e. The number of halogens is 1. The highest BCUT2D eigenvalue weighted by molar-refractivity contribution is 9.10. The van der Waals surface area contributed by atoms with Crippen LogP contribution in [-0.2, 0) is 9.59 Å². The van der Waals surface area contributed by atoms with Crippen LogP contribution < -0.4 is 20.1 Å². The third kappa shape index (κ3) is 7.73. The first-order chi connectivity index (χ1) is 16.9. The molecule has 3 aromatic carbocycles. The van der Waals surface area contributed by atoms with E-state index in [1.165, 1.54) is 6.08 Å². The standard InChI is InChI=1S/C27H24BrN3O4/c1-3-34-23-10-8-21(9-11-23)31-27(33)20(16-29)14-19-7-12-25(24(28)15-19)35-17-26(32)30-22-6-4-5-18(2)13-22/h4-15H,3,17H2,1-2H3,(H,30,32)(H,31,33)/b20-14+. The summed E-state index contributed by atoms with van der Waals surface area (Å²) in [6, 6.07) is 21.4. The van der Waals surface area contributed by atoms with Crippen molar-refractivity contribution in [2.75, 3.05) is 23.8 Å². The number of benzene rings is 3. The number of nitrogens with one attached hydrogen (secondary N) is 2. The van der Waals surface area contributed by atoms with E-state index in [-0.39, 0.29) is 18.1 Å². The van der Waals surface area contributed by atoms with Crippen LogP contribution in [0.4, 0.5) is 11.4 Å². The first-order valence-corrected chi connectivity index (χ1v) is 11.6. The molecule has 2 amide bonds. The van der Waals surface area contributed by atoms with Crippen LogP contribution in [0.3, 0.4) is 0 Å².